The van der Waals surface area contributed by atoms with Gasteiger partial charge in [0.25, 0.3) is 0 Å². The second-order valence-corrected chi connectivity index (χ2v) is 5.57. The molecule has 1 fully saturated rings. The standard InChI is InChI=1S/C17H27NO2/c1-4-11-18-16(17(19-2)20-3)15-10-6-9-14(12-15)13-7-5-8-13/h6,9-10,12-13,16-18H,4-5,7-8,11H2,1-3H3. The summed E-state index contributed by atoms with van der Waals surface area (Å²) in [6.45, 7) is 3.13. The van der Waals surface area contributed by atoms with Crippen LogP contribution in [0.2, 0.25) is 0 Å². The lowest BCUT2D eigenvalue weighted by molar-refractivity contribution is -0.124. The van der Waals surface area contributed by atoms with E-state index in [0.29, 0.717) is 0 Å². The van der Waals surface area contributed by atoms with Crippen molar-refractivity contribution in [2.24, 2.45) is 0 Å². The summed E-state index contributed by atoms with van der Waals surface area (Å²) in [6, 6.07) is 8.98. The Kier molecular flexibility index (Phi) is 6.02. The molecule has 1 aromatic carbocycles. The Balaban J connectivity index is 2.17. The molecule has 1 saturated carbocycles. The molecule has 0 heterocycles. The molecule has 0 amide bonds. The van der Waals surface area contributed by atoms with Crippen LogP contribution in [-0.2, 0) is 9.47 Å². The summed E-state index contributed by atoms with van der Waals surface area (Å²) in [7, 11) is 3.40. The van der Waals surface area contributed by atoms with Crippen molar-refractivity contribution >= 4 is 0 Å². The Morgan fingerprint density at radius 1 is 1.25 bits per heavy atom. The van der Waals surface area contributed by atoms with Crippen LogP contribution < -0.4 is 5.32 Å². The Labute approximate surface area is 122 Å². The van der Waals surface area contributed by atoms with Gasteiger partial charge in [0.05, 0.1) is 6.04 Å². The quantitative estimate of drug-likeness (QED) is 0.736. The van der Waals surface area contributed by atoms with Crippen LogP contribution in [0.15, 0.2) is 24.3 Å². The lowest BCUT2D eigenvalue weighted by Crippen LogP contribution is -2.35. The van der Waals surface area contributed by atoms with Gasteiger partial charge in [0, 0.05) is 14.2 Å². The van der Waals surface area contributed by atoms with Crippen molar-refractivity contribution in [1.82, 2.24) is 5.32 Å². The van der Waals surface area contributed by atoms with Crippen LogP contribution >= 0.6 is 0 Å². The first-order valence-electron chi connectivity index (χ1n) is 7.69. The molecule has 1 atom stereocenters. The maximum atomic E-state index is 5.47. The third-order valence-electron chi connectivity index (χ3n) is 4.20. The van der Waals surface area contributed by atoms with E-state index >= 15 is 0 Å². The van der Waals surface area contributed by atoms with Crippen LogP contribution in [0.25, 0.3) is 0 Å². The summed E-state index contributed by atoms with van der Waals surface area (Å²) >= 11 is 0. The number of ether oxygens (including phenoxy) is 2. The van der Waals surface area contributed by atoms with E-state index in [1.807, 2.05) is 0 Å². The first-order chi connectivity index (χ1) is 9.80. The molecule has 0 radical (unpaired) electrons. The van der Waals surface area contributed by atoms with Crippen molar-refractivity contribution in [3.63, 3.8) is 0 Å². The molecule has 1 aliphatic carbocycles. The van der Waals surface area contributed by atoms with Crippen molar-refractivity contribution in [3.05, 3.63) is 35.4 Å². The summed E-state index contributed by atoms with van der Waals surface area (Å²) < 4.78 is 10.9. The highest BCUT2D eigenvalue weighted by Gasteiger charge is 2.24. The minimum absolute atomic E-state index is 0.0879. The SMILES string of the molecule is CCCNC(c1cccc(C2CCC2)c1)C(OC)OC. The summed E-state index contributed by atoms with van der Waals surface area (Å²) in [5, 5.41) is 3.54. The van der Waals surface area contributed by atoms with E-state index in [9.17, 15) is 0 Å². The number of benzene rings is 1. The van der Waals surface area contributed by atoms with E-state index in [1.54, 1.807) is 14.2 Å². The minimum Gasteiger partial charge on any atom is -0.354 e. The molecule has 1 N–H and O–H groups in total. The van der Waals surface area contributed by atoms with E-state index in [-0.39, 0.29) is 12.3 Å². The molecular weight excluding hydrogens is 250 g/mol. The van der Waals surface area contributed by atoms with Crippen molar-refractivity contribution in [2.45, 2.75) is 50.9 Å². The number of rotatable bonds is 8. The zero-order chi connectivity index (χ0) is 14.4. The Morgan fingerprint density at radius 2 is 2.00 bits per heavy atom. The van der Waals surface area contributed by atoms with Gasteiger partial charge in [-0.25, -0.2) is 0 Å². The van der Waals surface area contributed by atoms with E-state index < -0.39 is 0 Å². The largest absolute Gasteiger partial charge is 0.354 e. The molecule has 0 saturated heterocycles. The van der Waals surface area contributed by atoms with Crippen molar-refractivity contribution in [3.8, 4) is 0 Å². The highest BCUT2D eigenvalue weighted by Crippen LogP contribution is 2.37. The summed E-state index contributed by atoms with van der Waals surface area (Å²) in [5.74, 6) is 0.755. The smallest absolute Gasteiger partial charge is 0.176 e. The Morgan fingerprint density at radius 3 is 2.55 bits per heavy atom. The normalized spacial score (nSPS) is 17.2. The average molecular weight is 277 g/mol. The van der Waals surface area contributed by atoms with E-state index in [4.69, 9.17) is 9.47 Å². The lowest BCUT2D eigenvalue weighted by Gasteiger charge is -2.29. The first-order valence-corrected chi connectivity index (χ1v) is 7.69. The molecule has 1 aliphatic rings. The number of hydrogen-bond acceptors (Lipinski definition) is 3. The highest BCUT2D eigenvalue weighted by atomic mass is 16.7. The van der Waals surface area contributed by atoms with Gasteiger partial charge in [0.15, 0.2) is 6.29 Å². The monoisotopic (exact) mass is 277 g/mol. The Bertz CT molecular complexity index is 400. The fourth-order valence-electron chi connectivity index (χ4n) is 2.79. The minimum atomic E-state index is -0.252. The molecule has 2 rings (SSSR count). The van der Waals surface area contributed by atoms with Gasteiger partial charge in [-0.1, -0.05) is 37.6 Å². The van der Waals surface area contributed by atoms with Crippen LogP contribution in [0.1, 0.15) is 55.7 Å². The lowest BCUT2D eigenvalue weighted by atomic mass is 9.79. The third-order valence-corrected chi connectivity index (χ3v) is 4.20. The molecule has 1 aromatic rings. The number of nitrogens with one attached hydrogen (secondary N) is 1. The van der Waals surface area contributed by atoms with Crippen molar-refractivity contribution in [2.75, 3.05) is 20.8 Å². The van der Waals surface area contributed by atoms with Crippen LogP contribution in [0.4, 0.5) is 0 Å². The van der Waals surface area contributed by atoms with Gasteiger partial charge in [-0.15, -0.1) is 0 Å². The zero-order valence-electron chi connectivity index (χ0n) is 12.9. The van der Waals surface area contributed by atoms with E-state index in [1.165, 1.54) is 30.4 Å². The second-order valence-electron chi connectivity index (χ2n) is 5.57. The molecular formula is C17H27NO2. The number of methoxy groups -OCH3 is 2. The Hall–Kier alpha value is -0.900. The van der Waals surface area contributed by atoms with Crippen LogP contribution in [-0.4, -0.2) is 27.1 Å². The fourth-order valence-corrected chi connectivity index (χ4v) is 2.79. The van der Waals surface area contributed by atoms with Gasteiger partial charge in [-0.05, 0) is 42.9 Å². The predicted molar refractivity (Wildman–Crippen MR) is 81.9 cm³/mol. The second kappa shape index (κ2) is 7.77. The molecule has 0 spiro atoms. The molecule has 20 heavy (non-hydrogen) atoms. The van der Waals surface area contributed by atoms with Gasteiger partial charge >= 0.3 is 0 Å². The van der Waals surface area contributed by atoms with E-state index in [2.05, 4.69) is 36.5 Å². The van der Waals surface area contributed by atoms with Crippen LogP contribution in [0.3, 0.4) is 0 Å². The molecule has 112 valence electrons. The van der Waals surface area contributed by atoms with Crippen molar-refractivity contribution < 1.29 is 9.47 Å². The molecule has 1 unspecified atom stereocenters. The maximum Gasteiger partial charge on any atom is 0.176 e. The molecule has 0 aliphatic heterocycles. The van der Waals surface area contributed by atoms with Gasteiger partial charge < -0.3 is 14.8 Å². The topological polar surface area (TPSA) is 30.5 Å². The predicted octanol–water partition coefficient (Wildman–Crippen LogP) is 3.61. The third kappa shape index (κ3) is 3.60. The number of hydrogen-bond donors (Lipinski definition) is 1. The molecule has 0 aromatic heterocycles. The molecule has 3 heteroatoms. The summed E-state index contributed by atoms with van der Waals surface area (Å²) in [5.41, 5.74) is 2.72. The van der Waals surface area contributed by atoms with Gasteiger partial charge in [-0.3, -0.25) is 0 Å². The van der Waals surface area contributed by atoms with Gasteiger partial charge in [-0.2, -0.15) is 0 Å². The van der Waals surface area contributed by atoms with Gasteiger partial charge in [0.2, 0.25) is 0 Å². The molecule has 3 nitrogen and oxygen atoms in total. The van der Waals surface area contributed by atoms with Crippen LogP contribution in [0.5, 0.6) is 0 Å². The van der Waals surface area contributed by atoms with E-state index in [0.717, 1.165) is 18.9 Å². The summed E-state index contributed by atoms with van der Waals surface area (Å²) in [4.78, 5) is 0. The first kappa shape index (κ1) is 15.5. The van der Waals surface area contributed by atoms with Gasteiger partial charge in [0.1, 0.15) is 0 Å². The molecule has 0 bridgehead atoms. The summed E-state index contributed by atoms with van der Waals surface area (Å²) in [6.07, 6.45) is 4.87. The maximum absolute atomic E-state index is 5.47. The fraction of sp³-hybridized carbons (Fsp3) is 0.647. The van der Waals surface area contributed by atoms with Crippen LogP contribution in [0, 0.1) is 0 Å². The van der Waals surface area contributed by atoms with Crippen molar-refractivity contribution in [1.29, 1.82) is 0 Å². The zero-order valence-corrected chi connectivity index (χ0v) is 12.9. The highest BCUT2D eigenvalue weighted by molar-refractivity contribution is 5.30. The average Bonchev–Trinajstić information content (AvgIpc) is 2.42.